The third kappa shape index (κ3) is 13.5. The average Bonchev–Trinajstić information content (AvgIpc) is 4.56. The summed E-state index contributed by atoms with van der Waals surface area (Å²) in [5.41, 5.74) is 3.58. The third-order valence-corrected chi connectivity index (χ3v) is 15.1. The molecule has 6 aliphatic rings. The summed E-state index contributed by atoms with van der Waals surface area (Å²) in [7, 11) is 10.1. The van der Waals surface area contributed by atoms with E-state index >= 15 is 0 Å². The monoisotopic (exact) mass is 1110 g/mol. The Kier molecular flexibility index (Phi) is 18.0. The van der Waals surface area contributed by atoms with Crippen LogP contribution in [-0.2, 0) is 54.5 Å². The van der Waals surface area contributed by atoms with Crippen molar-refractivity contribution in [2.45, 2.75) is 81.9 Å². The number of aryl methyl sites for hydroxylation is 2. The van der Waals surface area contributed by atoms with Gasteiger partial charge in [-0.15, -0.1) is 0 Å². The molecule has 0 atom stereocenters. The highest BCUT2D eigenvalue weighted by Crippen LogP contribution is 2.43. The van der Waals surface area contributed by atoms with Gasteiger partial charge in [0.2, 0.25) is 18.1 Å². The summed E-state index contributed by atoms with van der Waals surface area (Å²) in [4.78, 5) is 92.6. The van der Waals surface area contributed by atoms with E-state index in [-0.39, 0.29) is 40.3 Å². The fraction of sp³-hybridized carbons (Fsp3) is 0.518. The minimum absolute atomic E-state index is 0.00687. The highest BCUT2D eigenvalue weighted by Gasteiger charge is 2.47. The van der Waals surface area contributed by atoms with Gasteiger partial charge in [0.25, 0.3) is 0 Å². The molecule has 25 heteroatoms. The number of nitrogens with one attached hydrogen (secondary N) is 2. The highest BCUT2D eigenvalue weighted by molar-refractivity contribution is 6.02. The maximum absolute atomic E-state index is 13.6. The van der Waals surface area contributed by atoms with Crippen molar-refractivity contribution in [1.29, 1.82) is 10.5 Å². The molecule has 81 heavy (non-hydrogen) atoms. The molecular formula is C56H68N14O11. The molecule has 4 aliphatic heterocycles. The zero-order valence-electron chi connectivity index (χ0n) is 46.6. The third-order valence-electron chi connectivity index (χ3n) is 15.1. The lowest BCUT2D eigenvalue weighted by molar-refractivity contribution is -0.136. The summed E-state index contributed by atoms with van der Waals surface area (Å²) in [5.74, 6) is 2.14. The molecule has 0 spiro atoms. The van der Waals surface area contributed by atoms with Gasteiger partial charge in [0, 0.05) is 98.5 Å². The molecular weight excluding hydrogens is 1040 g/mol. The molecule has 8 heterocycles. The molecule has 4 fully saturated rings. The van der Waals surface area contributed by atoms with Crippen LogP contribution in [0.4, 0.5) is 32.9 Å². The van der Waals surface area contributed by atoms with Gasteiger partial charge in [-0.1, -0.05) is 0 Å². The predicted molar refractivity (Wildman–Crippen MR) is 293 cm³/mol. The minimum atomic E-state index is -0.776. The number of urea groups is 2. The Bertz CT molecular complexity index is 3120. The van der Waals surface area contributed by atoms with Gasteiger partial charge >= 0.3 is 12.1 Å². The number of hydrogen-bond acceptors (Lipinski definition) is 19. The van der Waals surface area contributed by atoms with E-state index in [1.165, 1.54) is 37.6 Å². The molecule has 0 aromatic carbocycles. The predicted octanol–water partition coefficient (Wildman–Crippen LogP) is 4.43. The summed E-state index contributed by atoms with van der Waals surface area (Å²) in [6, 6.07) is 10.3. The number of carbonyl (C=O) groups is 5. The number of anilines is 4. The summed E-state index contributed by atoms with van der Waals surface area (Å²) in [6.45, 7) is 5.80. The number of amides is 6. The number of ether oxygens (including phenoxy) is 6. The molecule has 2 N–H and O–H groups in total. The second-order valence-corrected chi connectivity index (χ2v) is 21.2. The van der Waals surface area contributed by atoms with Crippen LogP contribution < -0.4 is 29.9 Å². The first-order chi connectivity index (χ1) is 39.1. The van der Waals surface area contributed by atoms with Crippen molar-refractivity contribution in [3.8, 4) is 23.6 Å². The van der Waals surface area contributed by atoms with Gasteiger partial charge < -0.3 is 38.2 Å². The van der Waals surface area contributed by atoms with Gasteiger partial charge in [0.05, 0.1) is 38.7 Å². The molecule has 10 rings (SSSR count). The van der Waals surface area contributed by atoms with E-state index in [1.54, 1.807) is 30.1 Å². The molecule has 4 aromatic heterocycles. The number of aromatic nitrogens is 4. The van der Waals surface area contributed by atoms with Gasteiger partial charge in [-0.3, -0.25) is 44.6 Å². The molecule has 428 valence electrons. The van der Waals surface area contributed by atoms with Crippen molar-refractivity contribution < 1.29 is 52.4 Å². The Balaban J connectivity index is 0.000000196. The largest absolute Gasteiger partial charge is 0.483 e. The van der Waals surface area contributed by atoms with Crippen LogP contribution in [-0.4, -0.2) is 189 Å². The van der Waals surface area contributed by atoms with Crippen molar-refractivity contribution >= 4 is 53.4 Å². The Hall–Kier alpha value is -7.91. The molecule has 25 nitrogen and oxygen atoms in total. The van der Waals surface area contributed by atoms with Crippen LogP contribution in [0, 0.1) is 22.7 Å². The quantitative estimate of drug-likeness (QED) is 0.103. The summed E-state index contributed by atoms with van der Waals surface area (Å²) in [5, 5.41) is 24.7. The van der Waals surface area contributed by atoms with Crippen molar-refractivity contribution in [1.82, 2.24) is 39.5 Å². The van der Waals surface area contributed by atoms with Crippen LogP contribution in [0.1, 0.15) is 94.4 Å². The number of rotatable bonds is 18. The number of aldehydes is 1. The van der Waals surface area contributed by atoms with Crippen LogP contribution in [0.25, 0.3) is 0 Å². The van der Waals surface area contributed by atoms with E-state index in [0.717, 1.165) is 68.3 Å². The number of nitriles is 2. The summed E-state index contributed by atoms with van der Waals surface area (Å²) < 4.78 is 33.9. The van der Waals surface area contributed by atoms with Crippen molar-refractivity contribution in [3.05, 3.63) is 81.4 Å². The molecule has 4 aromatic rings. The fourth-order valence-electron chi connectivity index (χ4n) is 10.3. The van der Waals surface area contributed by atoms with E-state index in [4.69, 9.17) is 33.4 Å². The first-order valence-electron chi connectivity index (χ1n) is 27.0. The van der Waals surface area contributed by atoms with Gasteiger partial charge in [-0.25, -0.2) is 29.5 Å². The number of methoxy groups -OCH3 is 4. The molecule has 2 saturated carbocycles. The van der Waals surface area contributed by atoms with Gasteiger partial charge in [0.1, 0.15) is 80.6 Å². The number of hydrogen-bond donors (Lipinski definition) is 2. The first-order valence-corrected chi connectivity index (χ1v) is 27.0. The van der Waals surface area contributed by atoms with Crippen LogP contribution in [0.15, 0.2) is 36.7 Å². The number of fused-ring (bicyclic) bond motifs is 2. The molecule has 0 radical (unpaired) electrons. The normalized spacial score (nSPS) is 18.1. The number of carbonyl (C=O) groups excluding carboxylic acids is 5. The van der Waals surface area contributed by atoms with E-state index in [0.29, 0.717) is 119 Å². The Morgan fingerprint density at radius 1 is 0.667 bits per heavy atom. The van der Waals surface area contributed by atoms with E-state index in [1.807, 2.05) is 40.9 Å². The smallest absolute Gasteiger partial charge is 0.328 e. The molecule has 6 amide bonds. The zero-order valence-corrected chi connectivity index (χ0v) is 46.6. The fourth-order valence-corrected chi connectivity index (χ4v) is 10.3. The second-order valence-electron chi connectivity index (χ2n) is 21.2. The first kappa shape index (κ1) is 57.8. The minimum Gasteiger partial charge on any atom is -0.483 e. The highest BCUT2D eigenvalue weighted by atomic mass is 16.7. The maximum atomic E-state index is 13.6. The molecule has 0 bridgehead atoms. The molecule has 0 unspecified atom stereocenters. The summed E-state index contributed by atoms with van der Waals surface area (Å²) >= 11 is 0. The number of piperazine rings is 2. The van der Waals surface area contributed by atoms with Crippen molar-refractivity contribution in [2.75, 3.05) is 129 Å². The van der Waals surface area contributed by atoms with Crippen LogP contribution in [0.3, 0.4) is 0 Å². The lowest BCUT2D eigenvalue weighted by atomic mass is 10.0. The SMILES string of the molecule is COCC1(Oc2cc(NC(=O)N3CCCc4cc(CN5CCN(C)CC5=O)c(C(OC)OC)nc43)ncc2C#N)CC1.COCC1(Oc2cc(NC(=O)N3CCCc4cc(CN5CCN(C)CC5=O)c(C=O)nc43)ncc2C#N)CC1. The lowest BCUT2D eigenvalue weighted by Crippen LogP contribution is -2.48. The maximum Gasteiger partial charge on any atom is 0.328 e. The zero-order chi connectivity index (χ0) is 57.4. The molecule has 2 saturated heterocycles. The Morgan fingerprint density at radius 2 is 1.12 bits per heavy atom. The topological polar surface area (TPSA) is 283 Å². The van der Waals surface area contributed by atoms with Crippen LogP contribution in [0.5, 0.6) is 11.5 Å². The van der Waals surface area contributed by atoms with Crippen LogP contribution >= 0.6 is 0 Å². The standard InChI is InChI=1S/C29H37N7O6.C27H31N7O5/c1-34-10-11-35(24(37)17-34)16-20-12-19-6-5-9-36(26(19)33-25(20)27(40-3)41-4)28(38)32-23-13-22(21(14-30)15-31-23)42-29(7-8-29)18-39-2;1-32-8-9-33(24(36)15-32)14-19-10-18-4-3-7-34(25(18)30-21(19)16-35)26(37)31-23-11-22(20(12-28)13-29-23)39-27(5-6-27)17-38-2/h12-13,15,27H,5-11,16-18H2,1-4H3,(H,31,32,38);10-11,13,16H,3-9,14-15,17H2,1-2H3,(H,29,31,37). The Labute approximate surface area is 470 Å². The van der Waals surface area contributed by atoms with Gasteiger partial charge in [0.15, 0.2) is 6.29 Å². The number of nitrogens with zero attached hydrogens (tertiary/aromatic N) is 12. The number of likely N-dealkylation sites (N-methyl/N-ethyl adjacent to an activating group) is 2. The van der Waals surface area contributed by atoms with E-state index in [9.17, 15) is 34.5 Å². The van der Waals surface area contributed by atoms with E-state index < -0.39 is 29.6 Å². The lowest BCUT2D eigenvalue weighted by Gasteiger charge is -2.34. The summed E-state index contributed by atoms with van der Waals surface area (Å²) in [6.07, 6.45) is 8.80. The van der Waals surface area contributed by atoms with Crippen molar-refractivity contribution in [2.24, 2.45) is 0 Å². The Morgan fingerprint density at radius 3 is 1.54 bits per heavy atom. The van der Waals surface area contributed by atoms with Gasteiger partial charge in [-0.05, 0) is 94.3 Å². The van der Waals surface area contributed by atoms with Crippen LogP contribution in [0.2, 0.25) is 0 Å². The second kappa shape index (κ2) is 25.3. The van der Waals surface area contributed by atoms with E-state index in [2.05, 4.69) is 37.7 Å². The van der Waals surface area contributed by atoms with Gasteiger partial charge in [-0.2, -0.15) is 10.5 Å². The average molecular weight is 1110 g/mol. The van der Waals surface area contributed by atoms with Crippen molar-refractivity contribution in [3.63, 3.8) is 0 Å². The number of pyridine rings is 4. The molecule has 2 aliphatic carbocycles.